The molecule has 1 heterocycles. The van der Waals surface area contributed by atoms with Gasteiger partial charge in [0.2, 0.25) is 0 Å². The topological polar surface area (TPSA) is 38.9 Å². The number of nitrogens with zero attached hydrogens (tertiary/aromatic N) is 1. The molecule has 0 spiro atoms. The fourth-order valence-electron chi connectivity index (χ4n) is 0.707. The van der Waals surface area contributed by atoms with E-state index in [9.17, 15) is 0 Å². The van der Waals surface area contributed by atoms with Crippen LogP contribution in [0.3, 0.4) is 0 Å². The van der Waals surface area contributed by atoms with E-state index in [4.69, 9.17) is 5.73 Å². The van der Waals surface area contributed by atoms with Crippen molar-refractivity contribution in [3.8, 4) is 0 Å². The van der Waals surface area contributed by atoms with Gasteiger partial charge < -0.3 is 5.73 Å². The van der Waals surface area contributed by atoms with Gasteiger partial charge in [-0.2, -0.15) is 0 Å². The smallest absolute Gasteiger partial charge is 0.0267 e. The summed E-state index contributed by atoms with van der Waals surface area (Å²) < 4.78 is 0. The van der Waals surface area contributed by atoms with Crippen LogP contribution in [0.1, 0.15) is 26.2 Å². The Morgan fingerprint density at radius 3 is 1.85 bits per heavy atom. The summed E-state index contributed by atoms with van der Waals surface area (Å²) in [7, 11) is 0. The molecular formula is C10H18N2Ru. The molecule has 0 aliphatic heterocycles. The van der Waals surface area contributed by atoms with Crippen LogP contribution < -0.4 is 5.73 Å². The molecule has 13 heavy (non-hydrogen) atoms. The zero-order valence-electron chi connectivity index (χ0n) is 8.09. The summed E-state index contributed by atoms with van der Waals surface area (Å²) in [6.45, 7) is 3.03. The van der Waals surface area contributed by atoms with E-state index in [-0.39, 0.29) is 19.5 Å². The molecule has 0 saturated carbocycles. The van der Waals surface area contributed by atoms with Crippen LogP contribution in [-0.4, -0.2) is 11.5 Å². The molecule has 2 N–H and O–H groups in total. The maximum Gasteiger partial charge on any atom is 0.0267 e. The van der Waals surface area contributed by atoms with Crippen LogP contribution in [0.2, 0.25) is 0 Å². The van der Waals surface area contributed by atoms with Crippen LogP contribution >= 0.6 is 0 Å². The molecule has 1 aromatic rings. The summed E-state index contributed by atoms with van der Waals surface area (Å²) >= 11 is 0. The van der Waals surface area contributed by atoms with Crippen LogP contribution in [0.25, 0.3) is 0 Å². The largest absolute Gasteiger partial charge is 0.330 e. The van der Waals surface area contributed by atoms with Gasteiger partial charge >= 0.3 is 0 Å². The van der Waals surface area contributed by atoms with E-state index in [1.807, 2.05) is 18.2 Å². The summed E-state index contributed by atoms with van der Waals surface area (Å²) in [4.78, 5) is 3.78. The summed E-state index contributed by atoms with van der Waals surface area (Å²) in [5.74, 6) is 0. The van der Waals surface area contributed by atoms with Crippen molar-refractivity contribution in [2.45, 2.75) is 26.2 Å². The van der Waals surface area contributed by atoms with Gasteiger partial charge in [0.15, 0.2) is 0 Å². The zero-order valence-corrected chi connectivity index (χ0v) is 9.83. The van der Waals surface area contributed by atoms with Crippen LogP contribution in [0, 0.1) is 0 Å². The average molecular weight is 267 g/mol. The Hall–Kier alpha value is -0.267. The Morgan fingerprint density at radius 1 is 1.08 bits per heavy atom. The maximum atomic E-state index is 5.21. The molecule has 76 valence electrons. The number of rotatable bonds is 3. The van der Waals surface area contributed by atoms with Crippen LogP contribution in [0.5, 0.6) is 0 Å². The fourth-order valence-corrected chi connectivity index (χ4v) is 0.707. The van der Waals surface area contributed by atoms with E-state index in [1.54, 1.807) is 12.4 Å². The Morgan fingerprint density at radius 2 is 1.69 bits per heavy atom. The van der Waals surface area contributed by atoms with Crippen molar-refractivity contribution in [2.75, 3.05) is 6.54 Å². The molecule has 0 aromatic carbocycles. The normalized spacial score (nSPS) is 7.85. The second kappa shape index (κ2) is 14.3. The molecule has 1 aromatic heterocycles. The predicted molar refractivity (Wildman–Crippen MR) is 52.8 cm³/mol. The minimum atomic E-state index is 0. The zero-order chi connectivity index (χ0) is 9.07. The van der Waals surface area contributed by atoms with Gasteiger partial charge in [0.25, 0.3) is 0 Å². The van der Waals surface area contributed by atoms with Crippen LogP contribution in [0.4, 0.5) is 0 Å². The second-order valence-corrected chi connectivity index (χ2v) is 2.52. The number of pyridine rings is 1. The number of hydrogen-bond acceptors (Lipinski definition) is 2. The SMILES string of the molecule is CCCCCN.[Ru].c1ccncc1. The fraction of sp³-hybridized carbons (Fsp3) is 0.500. The summed E-state index contributed by atoms with van der Waals surface area (Å²) in [5.41, 5.74) is 5.21. The van der Waals surface area contributed by atoms with E-state index in [0.29, 0.717) is 0 Å². The van der Waals surface area contributed by atoms with Crippen LogP contribution in [0.15, 0.2) is 30.6 Å². The van der Waals surface area contributed by atoms with Crippen molar-refractivity contribution in [3.63, 3.8) is 0 Å². The molecule has 0 aliphatic carbocycles. The molecule has 0 bridgehead atoms. The summed E-state index contributed by atoms with van der Waals surface area (Å²) in [6, 6.07) is 5.72. The van der Waals surface area contributed by atoms with Crippen molar-refractivity contribution in [1.29, 1.82) is 0 Å². The van der Waals surface area contributed by atoms with Crippen LogP contribution in [-0.2, 0) is 19.5 Å². The number of hydrogen-bond donors (Lipinski definition) is 1. The van der Waals surface area contributed by atoms with Gasteiger partial charge in [0.05, 0.1) is 0 Å². The summed E-state index contributed by atoms with van der Waals surface area (Å²) in [5, 5.41) is 0. The average Bonchev–Trinajstić information content (AvgIpc) is 2.18. The Balaban J connectivity index is 0. The molecule has 0 unspecified atom stereocenters. The Bertz CT molecular complexity index is 126. The van der Waals surface area contributed by atoms with Crippen molar-refractivity contribution in [2.24, 2.45) is 5.73 Å². The number of aromatic nitrogens is 1. The molecule has 0 fully saturated rings. The summed E-state index contributed by atoms with van der Waals surface area (Å²) in [6.07, 6.45) is 7.25. The van der Waals surface area contributed by atoms with Crippen molar-refractivity contribution in [1.82, 2.24) is 4.98 Å². The van der Waals surface area contributed by atoms with Gasteiger partial charge in [0, 0.05) is 31.9 Å². The third-order valence-electron chi connectivity index (χ3n) is 1.37. The van der Waals surface area contributed by atoms with Gasteiger partial charge in [-0.05, 0) is 25.1 Å². The monoisotopic (exact) mass is 268 g/mol. The first-order valence-electron chi connectivity index (χ1n) is 4.47. The minimum absolute atomic E-state index is 0. The van der Waals surface area contributed by atoms with Gasteiger partial charge in [-0.25, -0.2) is 0 Å². The van der Waals surface area contributed by atoms with E-state index in [0.717, 1.165) is 6.54 Å². The van der Waals surface area contributed by atoms with E-state index < -0.39 is 0 Å². The van der Waals surface area contributed by atoms with E-state index >= 15 is 0 Å². The molecule has 2 nitrogen and oxygen atoms in total. The van der Waals surface area contributed by atoms with Gasteiger partial charge in [-0.3, -0.25) is 4.98 Å². The molecule has 0 saturated heterocycles. The minimum Gasteiger partial charge on any atom is -0.330 e. The molecule has 0 aliphatic rings. The van der Waals surface area contributed by atoms with Gasteiger partial charge in [0.1, 0.15) is 0 Å². The van der Waals surface area contributed by atoms with E-state index in [2.05, 4.69) is 11.9 Å². The second-order valence-electron chi connectivity index (χ2n) is 2.52. The van der Waals surface area contributed by atoms with Gasteiger partial charge in [-0.1, -0.05) is 25.8 Å². The first-order chi connectivity index (χ1) is 5.91. The predicted octanol–water partition coefficient (Wildman–Crippen LogP) is 2.21. The first kappa shape index (κ1) is 15.2. The molecule has 3 heteroatoms. The maximum absolute atomic E-state index is 5.21. The van der Waals surface area contributed by atoms with Crippen molar-refractivity contribution < 1.29 is 19.5 Å². The Labute approximate surface area is 93.7 Å². The number of nitrogens with two attached hydrogens (primary N) is 1. The molecular weight excluding hydrogens is 249 g/mol. The van der Waals surface area contributed by atoms with E-state index in [1.165, 1.54) is 19.3 Å². The molecule has 0 atom stereocenters. The quantitative estimate of drug-likeness (QED) is 0.673. The van der Waals surface area contributed by atoms with Gasteiger partial charge in [-0.15, -0.1) is 0 Å². The molecule has 1 rings (SSSR count). The number of unbranched alkanes of at least 4 members (excludes halogenated alkanes) is 2. The molecule has 0 radical (unpaired) electrons. The standard InChI is InChI=1S/C5H5N.C5H13N.Ru/c1-2-4-6-5-3-1;1-2-3-4-5-6;/h1-5H;2-6H2,1H3;. The third-order valence-corrected chi connectivity index (χ3v) is 1.37. The first-order valence-corrected chi connectivity index (χ1v) is 4.47. The third kappa shape index (κ3) is 14.6. The van der Waals surface area contributed by atoms with Crippen molar-refractivity contribution >= 4 is 0 Å². The Kier molecular flexibility index (Phi) is 16.7. The molecule has 0 amide bonds. The van der Waals surface area contributed by atoms with Crippen molar-refractivity contribution in [3.05, 3.63) is 30.6 Å².